The third kappa shape index (κ3) is 6.67. The molecule has 0 unspecified atom stereocenters. The number of methoxy groups -OCH3 is 1. The largest absolute Gasteiger partial charge is 0.481 e. The van der Waals surface area contributed by atoms with Crippen molar-refractivity contribution in [3.63, 3.8) is 0 Å². The number of fused-ring (bicyclic) bond motifs is 1. The van der Waals surface area contributed by atoms with Crippen LogP contribution in [0, 0.1) is 0 Å². The smallest absolute Gasteiger partial charge is 0.226 e. The Morgan fingerprint density at radius 2 is 1.78 bits per heavy atom. The zero-order chi connectivity index (χ0) is 28.4. The Kier molecular flexibility index (Phi) is 8.73. The van der Waals surface area contributed by atoms with Crippen LogP contribution in [0.2, 0.25) is 0 Å². The lowest BCUT2D eigenvalue weighted by molar-refractivity contribution is 0.0127. The lowest BCUT2D eigenvalue weighted by Crippen LogP contribution is -2.51. The SMILES string of the molecule is COc1ncc(-c2nc(N3CCCCC3)nc3c(CN4CCN(C5CCOCC5)CC4)csc23)cc1CS(C)(=O)=O. The van der Waals surface area contributed by atoms with E-state index in [9.17, 15) is 8.42 Å². The van der Waals surface area contributed by atoms with Crippen molar-refractivity contribution in [3.05, 3.63) is 28.8 Å². The van der Waals surface area contributed by atoms with Crippen molar-refractivity contribution < 1.29 is 17.9 Å². The van der Waals surface area contributed by atoms with Crippen molar-refractivity contribution >= 4 is 37.3 Å². The highest BCUT2D eigenvalue weighted by Crippen LogP contribution is 2.37. The molecule has 0 N–H and O–H groups in total. The van der Waals surface area contributed by atoms with Gasteiger partial charge in [0.05, 0.1) is 28.8 Å². The maximum absolute atomic E-state index is 12.2. The minimum atomic E-state index is -3.27. The van der Waals surface area contributed by atoms with Crippen LogP contribution in [0.1, 0.15) is 43.2 Å². The zero-order valence-corrected chi connectivity index (χ0v) is 25.7. The number of thiophene rings is 1. The fraction of sp³-hybridized carbons (Fsp3) is 0.621. The van der Waals surface area contributed by atoms with E-state index >= 15 is 0 Å². The number of hydrogen-bond acceptors (Lipinski definition) is 11. The minimum Gasteiger partial charge on any atom is -0.481 e. The number of sulfone groups is 1. The summed E-state index contributed by atoms with van der Waals surface area (Å²) in [5.74, 6) is 0.934. The van der Waals surface area contributed by atoms with Crippen molar-refractivity contribution in [1.82, 2.24) is 24.8 Å². The van der Waals surface area contributed by atoms with Gasteiger partial charge in [-0.2, -0.15) is 0 Å². The van der Waals surface area contributed by atoms with Gasteiger partial charge in [-0.3, -0.25) is 9.80 Å². The van der Waals surface area contributed by atoms with Gasteiger partial charge in [-0.05, 0) is 43.6 Å². The maximum Gasteiger partial charge on any atom is 0.226 e. The number of ether oxygens (including phenoxy) is 2. The molecule has 3 aromatic rings. The maximum atomic E-state index is 12.2. The van der Waals surface area contributed by atoms with Crippen LogP contribution < -0.4 is 9.64 Å². The predicted octanol–water partition coefficient (Wildman–Crippen LogP) is 3.59. The summed E-state index contributed by atoms with van der Waals surface area (Å²) in [6.07, 6.45) is 8.74. The second-order valence-corrected chi connectivity index (χ2v) is 14.5. The van der Waals surface area contributed by atoms with Gasteiger partial charge >= 0.3 is 0 Å². The predicted molar refractivity (Wildman–Crippen MR) is 163 cm³/mol. The average molecular weight is 601 g/mol. The van der Waals surface area contributed by atoms with E-state index in [0.717, 1.165) is 112 Å². The fourth-order valence-corrected chi connectivity index (χ4v) is 8.05. The van der Waals surface area contributed by atoms with Crippen molar-refractivity contribution in [2.24, 2.45) is 0 Å². The summed E-state index contributed by atoms with van der Waals surface area (Å²) in [5, 5.41) is 2.22. The van der Waals surface area contributed by atoms with Crippen molar-refractivity contribution in [1.29, 1.82) is 0 Å². The normalized spacial score (nSPS) is 20.1. The third-order valence-corrected chi connectivity index (χ3v) is 10.3. The second kappa shape index (κ2) is 12.5. The standard InChI is InChI=1S/C29H40N6O4S2/c1-38-28-22(20-41(2,36)37)16-21(17-30-28)25-27-26(32-29(31-25)35-8-4-3-5-9-35)23(19-40-27)18-33-10-12-34(13-11-33)24-6-14-39-15-7-24/h16-17,19,24H,3-15,18,20H2,1-2H3. The first-order chi connectivity index (χ1) is 19.9. The number of pyridine rings is 1. The quantitative estimate of drug-likeness (QED) is 0.381. The fourth-order valence-electron chi connectivity index (χ4n) is 6.27. The van der Waals surface area contributed by atoms with E-state index in [-0.39, 0.29) is 5.75 Å². The van der Waals surface area contributed by atoms with Crippen molar-refractivity contribution in [2.75, 3.05) is 70.7 Å². The number of aromatic nitrogens is 3. The number of nitrogens with zero attached hydrogens (tertiary/aromatic N) is 6. The molecule has 0 aliphatic carbocycles. The molecule has 6 heterocycles. The first-order valence-corrected chi connectivity index (χ1v) is 17.6. The highest BCUT2D eigenvalue weighted by Gasteiger charge is 2.27. The van der Waals surface area contributed by atoms with E-state index in [1.165, 1.54) is 25.3 Å². The molecular formula is C29H40N6O4S2. The van der Waals surface area contributed by atoms with Crippen LogP contribution in [0.3, 0.4) is 0 Å². The molecule has 222 valence electrons. The number of piperazine rings is 1. The van der Waals surface area contributed by atoms with E-state index in [4.69, 9.17) is 19.4 Å². The first-order valence-electron chi connectivity index (χ1n) is 14.7. The van der Waals surface area contributed by atoms with Crippen LogP contribution in [0.5, 0.6) is 5.88 Å². The summed E-state index contributed by atoms with van der Waals surface area (Å²) in [6.45, 7) is 8.78. The molecule has 12 heteroatoms. The highest BCUT2D eigenvalue weighted by molar-refractivity contribution is 7.89. The van der Waals surface area contributed by atoms with E-state index in [0.29, 0.717) is 17.5 Å². The lowest BCUT2D eigenvalue weighted by Gasteiger charge is -2.40. The second-order valence-electron chi connectivity index (χ2n) is 11.5. The average Bonchev–Trinajstić information content (AvgIpc) is 3.39. The number of hydrogen-bond donors (Lipinski definition) is 0. The van der Waals surface area contributed by atoms with Gasteiger partial charge < -0.3 is 14.4 Å². The van der Waals surface area contributed by atoms with Gasteiger partial charge in [-0.15, -0.1) is 11.3 Å². The number of anilines is 1. The Morgan fingerprint density at radius 3 is 2.49 bits per heavy atom. The van der Waals surface area contributed by atoms with Gasteiger partial charge in [-0.25, -0.2) is 23.4 Å². The monoisotopic (exact) mass is 600 g/mol. The molecule has 3 aliphatic heterocycles. The highest BCUT2D eigenvalue weighted by atomic mass is 32.2. The molecule has 0 radical (unpaired) electrons. The van der Waals surface area contributed by atoms with Gasteiger partial charge in [0.1, 0.15) is 0 Å². The summed E-state index contributed by atoms with van der Waals surface area (Å²) in [6, 6.07) is 2.52. The molecule has 41 heavy (non-hydrogen) atoms. The van der Waals surface area contributed by atoms with E-state index < -0.39 is 9.84 Å². The van der Waals surface area contributed by atoms with Gasteiger partial charge in [0.15, 0.2) is 9.84 Å². The summed E-state index contributed by atoms with van der Waals surface area (Å²) in [5.41, 5.74) is 4.35. The summed E-state index contributed by atoms with van der Waals surface area (Å²) in [4.78, 5) is 22.2. The van der Waals surface area contributed by atoms with Crippen LogP contribution in [0.15, 0.2) is 17.6 Å². The molecule has 0 spiro atoms. The van der Waals surface area contributed by atoms with Crippen LogP contribution >= 0.6 is 11.3 Å². The van der Waals surface area contributed by atoms with Gasteiger partial charge in [0, 0.05) is 94.2 Å². The molecule has 0 saturated carbocycles. The number of rotatable bonds is 8. The van der Waals surface area contributed by atoms with Crippen molar-refractivity contribution in [3.8, 4) is 17.1 Å². The van der Waals surface area contributed by atoms with Gasteiger partial charge in [0.2, 0.25) is 11.8 Å². The zero-order valence-electron chi connectivity index (χ0n) is 24.0. The Labute approximate surface area is 246 Å². The summed E-state index contributed by atoms with van der Waals surface area (Å²) in [7, 11) is -1.76. The summed E-state index contributed by atoms with van der Waals surface area (Å²) >= 11 is 1.66. The van der Waals surface area contributed by atoms with E-state index in [1.807, 2.05) is 6.07 Å². The molecule has 3 fully saturated rings. The van der Waals surface area contributed by atoms with Gasteiger partial charge in [-0.1, -0.05) is 0 Å². The molecule has 0 bridgehead atoms. The molecule has 0 amide bonds. The van der Waals surface area contributed by atoms with Crippen LogP contribution in [-0.2, 0) is 26.9 Å². The van der Waals surface area contributed by atoms with Crippen LogP contribution in [0.25, 0.3) is 21.5 Å². The topological polar surface area (TPSA) is 101 Å². The summed E-state index contributed by atoms with van der Waals surface area (Å²) < 4.78 is 36.3. The minimum absolute atomic E-state index is 0.139. The molecular weight excluding hydrogens is 560 g/mol. The van der Waals surface area contributed by atoms with Crippen LogP contribution in [0.4, 0.5) is 5.95 Å². The Bertz CT molecular complexity index is 1460. The molecule has 0 atom stereocenters. The molecule has 3 aromatic heterocycles. The number of piperidine rings is 1. The Balaban J connectivity index is 1.31. The van der Waals surface area contributed by atoms with Gasteiger partial charge in [0.25, 0.3) is 0 Å². The lowest BCUT2D eigenvalue weighted by atomic mass is 10.1. The molecule has 10 nitrogen and oxygen atoms in total. The van der Waals surface area contributed by atoms with Crippen molar-refractivity contribution in [2.45, 2.75) is 50.4 Å². The molecule has 3 aliphatic rings. The molecule has 3 saturated heterocycles. The molecule has 6 rings (SSSR count). The Hall–Kier alpha value is -2.38. The van der Waals surface area contributed by atoms with E-state index in [2.05, 4.69) is 25.1 Å². The third-order valence-electron chi connectivity index (χ3n) is 8.43. The van der Waals surface area contributed by atoms with Crippen LogP contribution in [-0.4, -0.2) is 105 Å². The van der Waals surface area contributed by atoms with E-state index in [1.54, 1.807) is 17.5 Å². The Morgan fingerprint density at radius 1 is 1.02 bits per heavy atom. The molecule has 0 aromatic carbocycles. The first kappa shape index (κ1) is 28.7.